The van der Waals surface area contributed by atoms with Gasteiger partial charge in [-0.15, -0.1) is 11.3 Å². The Bertz CT molecular complexity index is 467. The van der Waals surface area contributed by atoms with Crippen molar-refractivity contribution < 1.29 is 4.79 Å². The quantitative estimate of drug-likeness (QED) is 0.758. The monoisotopic (exact) mass is 247 g/mol. The van der Waals surface area contributed by atoms with Crippen LogP contribution in [0.3, 0.4) is 0 Å². The summed E-state index contributed by atoms with van der Waals surface area (Å²) < 4.78 is 0. The third-order valence-electron chi connectivity index (χ3n) is 2.41. The van der Waals surface area contributed by atoms with E-state index in [-0.39, 0.29) is 0 Å². The van der Waals surface area contributed by atoms with Gasteiger partial charge in [0.05, 0.1) is 5.56 Å². The van der Waals surface area contributed by atoms with Gasteiger partial charge < -0.3 is 4.90 Å². The molecule has 0 unspecified atom stereocenters. The molecule has 0 aliphatic carbocycles. The largest absolute Gasteiger partial charge is 0.344 e. The topological polar surface area (TPSA) is 46.1 Å². The number of rotatable bonds is 5. The lowest BCUT2D eigenvalue weighted by atomic mass is 10.3. The molecule has 0 radical (unpaired) electrons. The van der Waals surface area contributed by atoms with Crippen LogP contribution in [0.5, 0.6) is 0 Å². The van der Waals surface area contributed by atoms with Crippen molar-refractivity contribution >= 4 is 23.6 Å². The average molecular weight is 247 g/mol. The molecule has 0 saturated heterocycles. The average Bonchev–Trinajstić information content (AvgIpc) is 2.89. The molecule has 0 spiro atoms. The minimum atomic E-state index is 0.500. The standard InChI is InChI=1S/C12H13N3OS/c1-15(5-4-11-3-2-6-17-11)12-13-7-10(9-16)8-14-12/h2-3,6-9H,4-5H2,1H3. The van der Waals surface area contributed by atoms with E-state index in [1.165, 1.54) is 17.3 Å². The zero-order valence-corrected chi connectivity index (χ0v) is 10.4. The minimum Gasteiger partial charge on any atom is -0.344 e. The fourth-order valence-corrected chi connectivity index (χ4v) is 2.12. The van der Waals surface area contributed by atoms with Gasteiger partial charge in [0, 0.05) is 30.9 Å². The number of nitrogens with zero attached hydrogens (tertiary/aromatic N) is 3. The lowest BCUT2D eigenvalue weighted by Gasteiger charge is -2.15. The molecule has 88 valence electrons. The highest BCUT2D eigenvalue weighted by Crippen LogP contribution is 2.11. The van der Waals surface area contributed by atoms with E-state index >= 15 is 0 Å². The second kappa shape index (κ2) is 5.54. The van der Waals surface area contributed by atoms with E-state index in [2.05, 4.69) is 27.5 Å². The van der Waals surface area contributed by atoms with Gasteiger partial charge in [-0.3, -0.25) is 4.79 Å². The van der Waals surface area contributed by atoms with Gasteiger partial charge in [-0.2, -0.15) is 0 Å². The molecule has 2 rings (SSSR count). The van der Waals surface area contributed by atoms with Crippen LogP contribution in [0.4, 0.5) is 5.95 Å². The number of hydrogen-bond acceptors (Lipinski definition) is 5. The molecule has 2 aromatic heterocycles. The number of aldehydes is 1. The molecule has 0 aromatic carbocycles. The number of carbonyl (C=O) groups is 1. The second-order valence-corrected chi connectivity index (χ2v) is 4.72. The minimum absolute atomic E-state index is 0.500. The van der Waals surface area contributed by atoms with E-state index in [0.29, 0.717) is 11.5 Å². The van der Waals surface area contributed by atoms with Crippen LogP contribution in [0.15, 0.2) is 29.9 Å². The van der Waals surface area contributed by atoms with Crippen molar-refractivity contribution in [1.29, 1.82) is 0 Å². The van der Waals surface area contributed by atoms with E-state index in [4.69, 9.17) is 0 Å². The summed E-state index contributed by atoms with van der Waals surface area (Å²) in [6, 6.07) is 4.17. The van der Waals surface area contributed by atoms with Crippen LogP contribution in [0.25, 0.3) is 0 Å². The molecular formula is C12H13N3OS. The van der Waals surface area contributed by atoms with Crippen LogP contribution in [-0.2, 0) is 6.42 Å². The normalized spacial score (nSPS) is 10.2. The summed E-state index contributed by atoms with van der Waals surface area (Å²) in [6.07, 6.45) is 4.80. The molecule has 0 amide bonds. The van der Waals surface area contributed by atoms with Crippen LogP contribution in [0.1, 0.15) is 15.2 Å². The van der Waals surface area contributed by atoms with Crippen molar-refractivity contribution in [2.45, 2.75) is 6.42 Å². The summed E-state index contributed by atoms with van der Waals surface area (Å²) in [5.74, 6) is 0.646. The molecule has 0 aliphatic rings. The van der Waals surface area contributed by atoms with Gasteiger partial charge in [-0.05, 0) is 17.9 Å². The van der Waals surface area contributed by atoms with E-state index in [9.17, 15) is 4.79 Å². The Balaban J connectivity index is 1.94. The first-order valence-electron chi connectivity index (χ1n) is 5.30. The van der Waals surface area contributed by atoms with Gasteiger partial charge in [0.2, 0.25) is 5.95 Å². The van der Waals surface area contributed by atoms with E-state index in [0.717, 1.165) is 19.3 Å². The first-order valence-corrected chi connectivity index (χ1v) is 6.18. The molecule has 0 aliphatic heterocycles. The zero-order chi connectivity index (χ0) is 12.1. The first kappa shape index (κ1) is 11.7. The molecule has 2 aromatic rings. The maximum atomic E-state index is 10.5. The number of carbonyl (C=O) groups excluding carboxylic acids is 1. The predicted octanol–water partition coefficient (Wildman–Crippen LogP) is 2.03. The highest BCUT2D eigenvalue weighted by Gasteiger charge is 2.04. The third-order valence-corrected chi connectivity index (χ3v) is 3.35. The van der Waals surface area contributed by atoms with Crippen molar-refractivity contribution in [1.82, 2.24) is 9.97 Å². The zero-order valence-electron chi connectivity index (χ0n) is 9.54. The Labute approximate surface area is 104 Å². The summed E-state index contributed by atoms with van der Waals surface area (Å²) in [4.78, 5) is 22.1. The molecule has 0 bridgehead atoms. The van der Waals surface area contributed by atoms with Gasteiger partial charge in [-0.1, -0.05) is 6.07 Å². The van der Waals surface area contributed by atoms with Gasteiger partial charge in [0.25, 0.3) is 0 Å². The van der Waals surface area contributed by atoms with Crippen molar-refractivity contribution in [2.24, 2.45) is 0 Å². The number of anilines is 1. The van der Waals surface area contributed by atoms with Crippen LogP contribution in [0, 0.1) is 0 Å². The van der Waals surface area contributed by atoms with Gasteiger partial charge >= 0.3 is 0 Å². The molecule has 4 nitrogen and oxygen atoms in total. The van der Waals surface area contributed by atoms with Crippen molar-refractivity contribution in [2.75, 3.05) is 18.5 Å². The highest BCUT2D eigenvalue weighted by molar-refractivity contribution is 7.09. The SMILES string of the molecule is CN(CCc1cccs1)c1ncc(C=O)cn1. The fraction of sp³-hybridized carbons (Fsp3) is 0.250. The third kappa shape index (κ3) is 3.10. The van der Waals surface area contributed by atoms with Crippen LogP contribution >= 0.6 is 11.3 Å². The molecular weight excluding hydrogens is 234 g/mol. The van der Waals surface area contributed by atoms with Crippen molar-refractivity contribution in [3.8, 4) is 0 Å². The molecule has 0 atom stereocenters. The summed E-state index contributed by atoms with van der Waals surface area (Å²) in [6.45, 7) is 0.862. The van der Waals surface area contributed by atoms with Crippen molar-refractivity contribution in [3.05, 3.63) is 40.3 Å². The molecule has 2 heterocycles. The Hall–Kier alpha value is -1.75. The number of aromatic nitrogens is 2. The molecule has 0 N–H and O–H groups in total. The predicted molar refractivity (Wildman–Crippen MR) is 68.7 cm³/mol. The first-order chi connectivity index (χ1) is 8.29. The van der Waals surface area contributed by atoms with Gasteiger partial charge in [0.15, 0.2) is 6.29 Å². The van der Waals surface area contributed by atoms with Gasteiger partial charge in [0.1, 0.15) is 0 Å². The smallest absolute Gasteiger partial charge is 0.225 e. The Kier molecular flexibility index (Phi) is 3.82. The van der Waals surface area contributed by atoms with Crippen LogP contribution in [-0.4, -0.2) is 29.8 Å². The Morgan fingerprint density at radius 2 is 2.18 bits per heavy atom. The molecule has 0 saturated carbocycles. The fourth-order valence-electron chi connectivity index (χ4n) is 1.42. The van der Waals surface area contributed by atoms with E-state index < -0.39 is 0 Å². The lowest BCUT2D eigenvalue weighted by molar-refractivity contribution is 0.112. The second-order valence-electron chi connectivity index (χ2n) is 3.69. The maximum absolute atomic E-state index is 10.5. The highest BCUT2D eigenvalue weighted by atomic mass is 32.1. The van der Waals surface area contributed by atoms with Gasteiger partial charge in [-0.25, -0.2) is 9.97 Å². The lowest BCUT2D eigenvalue weighted by Crippen LogP contribution is -2.22. The Morgan fingerprint density at radius 1 is 1.41 bits per heavy atom. The Morgan fingerprint density at radius 3 is 2.76 bits per heavy atom. The number of likely N-dealkylation sites (N-methyl/N-ethyl adjacent to an activating group) is 1. The molecule has 0 fully saturated rings. The summed E-state index contributed by atoms with van der Waals surface area (Å²) in [5, 5.41) is 2.07. The summed E-state index contributed by atoms with van der Waals surface area (Å²) in [5.41, 5.74) is 0.500. The summed E-state index contributed by atoms with van der Waals surface area (Å²) in [7, 11) is 1.95. The van der Waals surface area contributed by atoms with E-state index in [1.54, 1.807) is 11.3 Å². The molecule has 17 heavy (non-hydrogen) atoms. The maximum Gasteiger partial charge on any atom is 0.225 e. The van der Waals surface area contributed by atoms with E-state index in [1.807, 2.05) is 11.9 Å². The summed E-state index contributed by atoms with van der Waals surface area (Å²) >= 11 is 1.75. The number of thiophene rings is 1. The molecule has 5 heteroatoms. The number of hydrogen-bond donors (Lipinski definition) is 0. The van der Waals surface area contributed by atoms with Crippen LogP contribution in [0.2, 0.25) is 0 Å². The van der Waals surface area contributed by atoms with Crippen LogP contribution < -0.4 is 4.90 Å². The van der Waals surface area contributed by atoms with Crippen molar-refractivity contribution in [3.63, 3.8) is 0 Å².